The molecule has 0 aliphatic heterocycles. The summed E-state index contributed by atoms with van der Waals surface area (Å²) in [5.74, 6) is 0. The first-order valence-corrected chi connectivity index (χ1v) is 6.97. The van der Waals surface area contributed by atoms with Crippen LogP contribution in [0.4, 0.5) is 13.2 Å². The molecule has 2 N–H and O–H groups in total. The van der Waals surface area contributed by atoms with E-state index < -0.39 is 11.9 Å². The van der Waals surface area contributed by atoms with Gasteiger partial charge in [-0.15, -0.1) is 11.3 Å². The van der Waals surface area contributed by atoms with E-state index in [0.717, 1.165) is 21.4 Å². The summed E-state index contributed by atoms with van der Waals surface area (Å²) in [4.78, 5) is 3.75. The van der Waals surface area contributed by atoms with Crippen LogP contribution in [0, 0.1) is 6.92 Å². The van der Waals surface area contributed by atoms with Crippen LogP contribution in [0.1, 0.15) is 16.1 Å². The number of aryl methyl sites for hydroxylation is 1. The summed E-state index contributed by atoms with van der Waals surface area (Å²) in [7, 11) is 0. The normalized spacial score (nSPS) is 11.9. The van der Waals surface area contributed by atoms with Gasteiger partial charge < -0.3 is 5.73 Å². The molecule has 102 valence electrons. The molecule has 0 bridgehead atoms. The quantitative estimate of drug-likeness (QED) is 0.873. The number of hydrogen-bond acceptors (Lipinski definition) is 3. The number of alkyl halides is 3. The second-order valence-corrected chi connectivity index (χ2v) is 5.91. The van der Waals surface area contributed by atoms with Crippen LogP contribution < -0.4 is 5.73 Å². The Balaban J connectivity index is 2.55. The van der Waals surface area contributed by atoms with Gasteiger partial charge in [0.1, 0.15) is 5.01 Å². The van der Waals surface area contributed by atoms with Crippen LogP contribution in [0.2, 0.25) is 0 Å². The Bertz CT molecular complexity index is 608. The summed E-state index contributed by atoms with van der Waals surface area (Å²) in [6.07, 6.45) is -4.47. The number of rotatable bonds is 2. The zero-order valence-electron chi connectivity index (χ0n) is 9.88. The largest absolute Gasteiger partial charge is 0.434 e. The SMILES string of the molecule is Cc1ccc(-c2nc(C(F)(F)F)c(CN)s2)c(Br)c1. The first kappa shape index (κ1) is 14.5. The van der Waals surface area contributed by atoms with Gasteiger partial charge in [0.05, 0.1) is 4.88 Å². The third kappa shape index (κ3) is 2.98. The molecule has 2 aromatic rings. The lowest BCUT2D eigenvalue weighted by atomic mass is 10.2. The monoisotopic (exact) mass is 350 g/mol. The molecule has 2 nitrogen and oxygen atoms in total. The molecular formula is C12H10BrF3N2S. The molecule has 7 heteroatoms. The van der Waals surface area contributed by atoms with E-state index in [2.05, 4.69) is 20.9 Å². The second kappa shape index (κ2) is 5.22. The maximum Gasteiger partial charge on any atom is 0.434 e. The minimum Gasteiger partial charge on any atom is -0.326 e. The van der Waals surface area contributed by atoms with Crippen LogP contribution >= 0.6 is 27.3 Å². The fourth-order valence-electron chi connectivity index (χ4n) is 1.62. The number of halogens is 4. The van der Waals surface area contributed by atoms with Crippen molar-refractivity contribution in [2.45, 2.75) is 19.6 Å². The van der Waals surface area contributed by atoms with Crippen molar-refractivity contribution in [3.8, 4) is 10.6 Å². The van der Waals surface area contributed by atoms with Gasteiger partial charge in [-0.3, -0.25) is 0 Å². The van der Waals surface area contributed by atoms with Crippen LogP contribution in [-0.4, -0.2) is 4.98 Å². The molecule has 0 amide bonds. The third-order valence-corrected chi connectivity index (χ3v) is 4.27. The lowest BCUT2D eigenvalue weighted by Gasteiger charge is -2.04. The fourth-order valence-corrected chi connectivity index (χ4v) is 3.43. The molecule has 0 saturated carbocycles. The Hall–Kier alpha value is -0.920. The van der Waals surface area contributed by atoms with E-state index in [0.29, 0.717) is 10.6 Å². The first-order chi connectivity index (χ1) is 8.82. The van der Waals surface area contributed by atoms with Gasteiger partial charge in [0.15, 0.2) is 5.69 Å². The molecule has 0 fully saturated rings. The molecule has 19 heavy (non-hydrogen) atoms. The maximum absolute atomic E-state index is 12.8. The number of hydrogen-bond donors (Lipinski definition) is 1. The summed E-state index contributed by atoms with van der Waals surface area (Å²) in [5.41, 5.74) is 6.13. The van der Waals surface area contributed by atoms with Crippen LogP contribution in [0.3, 0.4) is 0 Å². The molecule has 1 heterocycles. The van der Waals surface area contributed by atoms with Crippen molar-refractivity contribution in [3.05, 3.63) is 38.8 Å². The summed E-state index contributed by atoms with van der Waals surface area (Å²) in [5, 5.41) is 0.319. The van der Waals surface area contributed by atoms with Gasteiger partial charge in [0.2, 0.25) is 0 Å². The van der Waals surface area contributed by atoms with E-state index >= 15 is 0 Å². The van der Waals surface area contributed by atoms with Gasteiger partial charge >= 0.3 is 6.18 Å². The van der Waals surface area contributed by atoms with Crippen LogP contribution in [-0.2, 0) is 12.7 Å². The Morgan fingerprint density at radius 2 is 2.05 bits per heavy atom. The number of aromatic nitrogens is 1. The fraction of sp³-hybridized carbons (Fsp3) is 0.250. The van der Waals surface area contributed by atoms with E-state index in [1.807, 2.05) is 19.1 Å². The Morgan fingerprint density at radius 1 is 1.37 bits per heavy atom. The van der Waals surface area contributed by atoms with Crippen molar-refractivity contribution < 1.29 is 13.2 Å². The van der Waals surface area contributed by atoms with Crippen molar-refractivity contribution >= 4 is 27.3 Å². The average molecular weight is 351 g/mol. The Morgan fingerprint density at radius 3 is 2.53 bits per heavy atom. The highest BCUT2D eigenvalue weighted by Gasteiger charge is 2.37. The second-order valence-electron chi connectivity index (χ2n) is 3.98. The van der Waals surface area contributed by atoms with Gasteiger partial charge in [-0.1, -0.05) is 28.1 Å². The average Bonchev–Trinajstić information content (AvgIpc) is 2.72. The molecule has 1 aromatic carbocycles. The van der Waals surface area contributed by atoms with Gasteiger partial charge in [0.25, 0.3) is 0 Å². The van der Waals surface area contributed by atoms with Gasteiger partial charge in [-0.25, -0.2) is 4.98 Å². The van der Waals surface area contributed by atoms with Gasteiger partial charge in [0, 0.05) is 16.6 Å². The third-order valence-electron chi connectivity index (χ3n) is 2.51. The highest BCUT2D eigenvalue weighted by molar-refractivity contribution is 9.10. The standard InChI is InChI=1S/C12H10BrF3N2S/c1-6-2-3-7(8(13)4-6)11-18-10(12(14,15)16)9(5-17)19-11/h2-4H,5,17H2,1H3. The molecular weight excluding hydrogens is 341 g/mol. The molecule has 0 aliphatic rings. The minimum atomic E-state index is -4.47. The predicted octanol–water partition coefficient (Wildman–Crippen LogP) is 4.36. The van der Waals surface area contributed by atoms with Crippen molar-refractivity contribution in [1.29, 1.82) is 0 Å². The molecule has 0 spiro atoms. The lowest BCUT2D eigenvalue weighted by molar-refractivity contribution is -0.141. The van der Waals surface area contributed by atoms with E-state index in [1.165, 1.54) is 0 Å². The van der Waals surface area contributed by atoms with Gasteiger partial charge in [-0.05, 0) is 18.6 Å². The first-order valence-electron chi connectivity index (χ1n) is 5.36. The predicted molar refractivity (Wildman–Crippen MR) is 72.9 cm³/mol. The van der Waals surface area contributed by atoms with E-state index in [-0.39, 0.29) is 11.4 Å². The zero-order valence-corrected chi connectivity index (χ0v) is 12.3. The number of benzene rings is 1. The molecule has 0 saturated heterocycles. The van der Waals surface area contributed by atoms with Crippen molar-refractivity contribution in [3.63, 3.8) is 0 Å². The summed E-state index contributed by atoms with van der Waals surface area (Å²) < 4.78 is 39.1. The molecule has 0 radical (unpaired) electrons. The Kier molecular flexibility index (Phi) is 3.98. The van der Waals surface area contributed by atoms with Crippen molar-refractivity contribution in [1.82, 2.24) is 4.98 Å². The van der Waals surface area contributed by atoms with Crippen LogP contribution in [0.5, 0.6) is 0 Å². The maximum atomic E-state index is 12.8. The zero-order chi connectivity index (χ0) is 14.2. The molecule has 1 aromatic heterocycles. The molecule has 0 aliphatic carbocycles. The van der Waals surface area contributed by atoms with Crippen molar-refractivity contribution in [2.75, 3.05) is 0 Å². The summed E-state index contributed by atoms with van der Waals surface area (Å²) in [6.45, 7) is 1.73. The minimum absolute atomic E-state index is 0.0509. The molecule has 0 atom stereocenters. The Labute approximate surface area is 120 Å². The summed E-state index contributed by atoms with van der Waals surface area (Å²) >= 11 is 4.32. The highest BCUT2D eigenvalue weighted by atomic mass is 79.9. The topological polar surface area (TPSA) is 38.9 Å². The number of nitrogens with two attached hydrogens (primary N) is 1. The van der Waals surface area contributed by atoms with Crippen LogP contribution in [0.15, 0.2) is 22.7 Å². The van der Waals surface area contributed by atoms with E-state index in [4.69, 9.17) is 5.73 Å². The molecule has 0 unspecified atom stereocenters. The molecule has 2 rings (SSSR count). The van der Waals surface area contributed by atoms with E-state index in [9.17, 15) is 13.2 Å². The highest BCUT2D eigenvalue weighted by Crippen LogP contribution is 2.39. The van der Waals surface area contributed by atoms with Crippen molar-refractivity contribution in [2.24, 2.45) is 5.73 Å². The smallest absolute Gasteiger partial charge is 0.326 e. The van der Waals surface area contributed by atoms with E-state index in [1.54, 1.807) is 6.07 Å². The number of thiazole rings is 1. The van der Waals surface area contributed by atoms with Crippen LogP contribution in [0.25, 0.3) is 10.6 Å². The van der Waals surface area contributed by atoms with Gasteiger partial charge in [-0.2, -0.15) is 13.2 Å². The summed E-state index contributed by atoms with van der Waals surface area (Å²) in [6, 6.07) is 5.42. The lowest BCUT2D eigenvalue weighted by Crippen LogP contribution is -2.10. The number of nitrogens with zero attached hydrogens (tertiary/aromatic N) is 1.